The van der Waals surface area contributed by atoms with Gasteiger partial charge in [0.15, 0.2) is 5.82 Å². The van der Waals surface area contributed by atoms with Crippen LogP contribution in [-0.4, -0.2) is 34.8 Å². The first kappa shape index (κ1) is 23.1. The minimum Gasteiger partial charge on any atom is -0.471 e. The topological polar surface area (TPSA) is 90.6 Å². The fourth-order valence-electron chi connectivity index (χ4n) is 3.77. The maximum Gasteiger partial charge on any atom is 0.405 e. The molecule has 0 radical (unpaired) electrons. The van der Waals surface area contributed by atoms with Gasteiger partial charge in [-0.2, -0.15) is 4.98 Å². The van der Waals surface area contributed by atoms with Gasteiger partial charge < -0.3 is 20.1 Å². The first-order chi connectivity index (χ1) is 15.8. The summed E-state index contributed by atoms with van der Waals surface area (Å²) in [6, 6.07) is 15.2. The van der Waals surface area contributed by atoms with Gasteiger partial charge in [0.2, 0.25) is 5.88 Å². The second kappa shape index (κ2) is 9.85. The molecule has 33 heavy (non-hydrogen) atoms. The SMILES string of the molecule is CC1(OC(N)=O)CCN(c2cnc(-c3cccc(Cl)c3Cl)c(OCc3ccccc3)n2)CC1. The van der Waals surface area contributed by atoms with E-state index in [9.17, 15) is 4.79 Å². The molecule has 1 aromatic heterocycles. The highest BCUT2D eigenvalue weighted by atomic mass is 35.5. The standard InChI is InChI=1S/C24H24Cl2N4O3/c1-24(33-23(27)31)10-12-30(13-11-24)19-14-28-21(17-8-5-9-18(25)20(17)26)22(29-19)32-15-16-6-3-2-4-7-16/h2-9,14H,10-13,15H2,1H3,(H2,27,31). The number of primary amides is 1. The molecular formula is C24H24Cl2N4O3. The summed E-state index contributed by atoms with van der Waals surface area (Å²) in [7, 11) is 0. The van der Waals surface area contributed by atoms with Crippen LogP contribution in [-0.2, 0) is 11.3 Å². The van der Waals surface area contributed by atoms with Crippen molar-refractivity contribution in [2.45, 2.75) is 32.0 Å². The van der Waals surface area contributed by atoms with Crippen molar-refractivity contribution in [3.05, 3.63) is 70.3 Å². The molecule has 9 heteroatoms. The van der Waals surface area contributed by atoms with Crippen LogP contribution in [0.3, 0.4) is 0 Å². The van der Waals surface area contributed by atoms with Crippen LogP contribution in [0.5, 0.6) is 5.88 Å². The van der Waals surface area contributed by atoms with Crippen LogP contribution in [0.25, 0.3) is 11.3 Å². The maximum absolute atomic E-state index is 11.2. The molecule has 0 aliphatic carbocycles. The summed E-state index contributed by atoms with van der Waals surface area (Å²) in [6.45, 7) is 3.48. The lowest BCUT2D eigenvalue weighted by Gasteiger charge is -2.38. The van der Waals surface area contributed by atoms with Crippen LogP contribution in [0, 0.1) is 0 Å². The molecular weight excluding hydrogens is 463 g/mol. The minimum absolute atomic E-state index is 0.328. The number of hydrogen-bond acceptors (Lipinski definition) is 6. The Morgan fingerprint density at radius 2 is 1.85 bits per heavy atom. The van der Waals surface area contributed by atoms with E-state index in [1.54, 1.807) is 12.3 Å². The van der Waals surface area contributed by atoms with Crippen LogP contribution in [0.2, 0.25) is 10.0 Å². The van der Waals surface area contributed by atoms with E-state index in [0.717, 1.165) is 5.56 Å². The van der Waals surface area contributed by atoms with Crippen molar-refractivity contribution in [1.82, 2.24) is 9.97 Å². The summed E-state index contributed by atoms with van der Waals surface area (Å²) < 4.78 is 11.4. The average Bonchev–Trinajstić information content (AvgIpc) is 2.80. The van der Waals surface area contributed by atoms with Crippen molar-refractivity contribution in [3.63, 3.8) is 0 Å². The molecule has 3 aromatic rings. The molecule has 0 bridgehead atoms. The van der Waals surface area contributed by atoms with Crippen LogP contribution >= 0.6 is 23.2 Å². The highest BCUT2D eigenvalue weighted by molar-refractivity contribution is 6.43. The summed E-state index contributed by atoms with van der Waals surface area (Å²) >= 11 is 12.7. The number of aromatic nitrogens is 2. The van der Waals surface area contributed by atoms with Gasteiger partial charge in [-0.05, 0) is 18.6 Å². The molecule has 0 saturated carbocycles. The molecule has 0 spiro atoms. The number of hydrogen-bond donors (Lipinski definition) is 1. The zero-order valence-corrected chi connectivity index (χ0v) is 19.6. The average molecular weight is 487 g/mol. The third-order valence-corrected chi connectivity index (χ3v) is 6.46. The van der Waals surface area contributed by atoms with Crippen LogP contribution < -0.4 is 15.4 Å². The number of carbonyl (C=O) groups is 1. The summed E-state index contributed by atoms with van der Waals surface area (Å²) in [5.41, 5.74) is 6.80. The van der Waals surface area contributed by atoms with Crippen LogP contribution in [0.1, 0.15) is 25.3 Å². The molecule has 0 atom stereocenters. The summed E-state index contributed by atoms with van der Waals surface area (Å²) in [6.07, 6.45) is 2.18. The molecule has 1 aliphatic rings. The molecule has 1 saturated heterocycles. The van der Waals surface area contributed by atoms with Crippen molar-refractivity contribution in [2.24, 2.45) is 5.73 Å². The number of nitrogens with two attached hydrogens (primary N) is 1. The second-order valence-electron chi connectivity index (χ2n) is 8.12. The third-order valence-electron chi connectivity index (χ3n) is 5.64. The molecule has 4 rings (SSSR count). The number of rotatable bonds is 6. The largest absolute Gasteiger partial charge is 0.471 e. The molecule has 1 fully saturated rings. The zero-order valence-electron chi connectivity index (χ0n) is 18.1. The normalized spacial score (nSPS) is 15.2. The summed E-state index contributed by atoms with van der Waals surface area (Å²) in [5.74, 6) is 1.03. The van der Waals surface area contributed by atoms with E-state index in [1.165, 1.54) is 0 Å². The van der Waals surface area contributed by atoms with E-state index in [2.05, 4.69) is 9.88 Å². The van der Waals surface area contributed by atoms with Crippen molar-refractivity contribution < 1.29 is 14.3 Å². The molecule has 172 valence electrons. The van der Waals surface area contributed by atoms with Gasteiger partial charge in [0.05, 0.1) is 16.2 Å². The smallest absolute Gasteiger partial charge is 0.405 e. The van der Waals surface area contributed by atoms with E-state index in [-0.39, 0.29) is 0 Å². The Labute approximate surface area is 202 Å². The summed E-state index contributed by atoms with van der Waals surface area (Å²) in [4.78, 5) is 22.7. The van der Waals surface area contributed by atoms with Gasteiger partial charge in [-0.25, -0.2) is 9.78 Å². The Hall–Kier alpha value is -3.03. The Kier molecular flexibility index (Phi) is 6.91. The quantitative estimate of drug-likeness (QED) is 0.495. The number of benzene rings is 2. The van der Waals surface area contributed by atoms with Gasteiger partial charge in [-0.3, -0.25) is 0 Å². The van der Waals surface area contributed by atoms with Crippen molar-refractivity contribution >= 4 is 35.1 Å². The zero-order chi connectivity index (χ0) is 23.4. The molecule has 2 heterocycles. The number of halogens is 2. The van der Waals surface area contributed by atoms with Gasteiger partial charge in [0, 0.05) is 31.5 Å². The third kappa shape index (κ3) is 5.49. The molecule has 2 N–H and O–H groups in total. The lowest BCUT2D eigenvalue weighted by atomic mass is 9.93. The Balaban J connectivity index is 1.62. The van der Waals surface area contributed by atoms with E-state index in [1.807, 2.05) is 49.4 Å². The fourth-order valence-corrected chi connectivity index (χ4v) is 4.16. The lowest BCUT2D eigenvalue weighted by Crippen LogP contribution is -2.46. The van der Waals surface area contributed by atoms with Crippen molar-refractivity contribution in [2.75, 3.05) is 18.0 Å². The van der Waals surface area contributed by atoms with Crippen molar-refractivity contribution in [1.29, 1.82) is 0 Å². The van der Waals surface area contributed by atoms with Crippen LogP contribution in [0.4, 0.5) is 10.6 Å². The molecule has 2 aromatic carbocycles. The first-order valence-electron chi connectivity index (χ1n) is 10.6. The molecule has 7 nitrogen and oxygen atoms in total. The molecule has 1 amide bonds. The number of ether oxygens (including phenoxy) is 2. The number of carbonyl (C=O) groups excluding carboxylic acids is 1. The monoisotopic (exact) mass is 486 g/mol. The Morgan fingerprint density at radius 1 is 1.12 bits per heavy atom. The van der Waals surface area contributed by atoms with Gasteiger partial charge in [0.25, 0.3) is 0 Å². The molecule has 1 aliphatic heterocycles. The second-order valence-corrected chi connectivity index (χ2v) is 8.90. The van der Waals surface area contributed by atoms with E-state index < -0.39 is 11.7 Å². The van der Waals surface area contributed by atoms with E-state index in [0.29, 0.717) is 65.5 Å². The van der Waals surface area contributed by atoms with E-state index >= 15 is 0 Å². The van der Waals surface area contributed by atoms with Gasteiger partial charge in [0.1, 0.15) is 17.9 Å². The Bertz CT molecular complexity index is 1140. The first-order valence-corrected chi connectivity index (χ1v) is 11.3. The van der Waals surface area contributed by atoms with E-state index in [4.69, 9.17) is 43.4 Å². The van der Waals surface area contributed by atoms with Crippen LogP contribution in [0.15, 0.2) is 54.7 Å². The highest BCUT2D eigenvalue weighted by Crippen LogP contribution is 2.38. The number of piperidine rings is 1. The maximum atomic E-state index is 11.2. The number of amides is 1. The molecule has 0 unspecified atom stereocenters. The predicted molar refractivity (Wildman–Crippen MR) is 129 cm³/mol. The predicted octanol–water partition coefficient (Wildman–Crippen LogP) is 5.48. The van der Waals surface area contributed by atoms with Crippen molar-refractivity contribution in [3.8, 4) is 17.1 Å². The summed E-state index contributed by atoms with van der Waals surface area (Å²) in [5, 5.41) is 0.821. The fraction of sp³-hybridized carbons (Fsp3) is 0.292. The highest BCUT2D eigenvalue weighted by Gasteiger charge is 2.34. The van der Waals surface area contributed by atoms with Gasteiger partial charge >= 0.3 is 6.09 Å². The number of anilines is 1. The minimum atomic E-state index is -0.759. The lowest BCUT2D eigenvalue weighted by molar-refractivity contribution is 0.0126. The van der Waals surface area contributed by atoms with Gasteiger partial charge in [-0.15, -0.1) is 0 Å². The number of nitrogens with zero attached hydrogens (tertiary/aromatic N) is 3. The Morgan fingerprint density at radius 3 is 2.55 bits per heavy atom. The van der Waals surface area contributed by atoms with Gasteiger partial charge in [-0.1, -0.05) is 65.7 Å².